The predicted molar refractivity (Wildman–Crippen MR) is 101 cm³/mol. The summed E-state index contributed by atoms with van der Waals surface area (Å²) >= 11 is 1.89. The highest BCUT2D eigenvalue weighted by Crippen LogP contribution is 2.37. The summed E-state index contributed by atoms with van der Waals surface area (Å²) < 4.78 is 12.6. The number of hydrogen-bond donors (Lipinski definition) is 0. The van der Waals surface area contributed by atoms with Gasteiger partial charge in [0.1, 0.15) is 0 Å². The minimum absolute atomic E-state index is 0.295. The fourth-order valence-electron chi connectivity index (χ4n) is 2.01. The van der Waals surface area contributed by atoms with Crippen LogP contribution in [0.4, 0.5) is 0 Å². The Morgan fingerprint density at radius 2 is 1.81 bits per heavy atom. The summed E-state index contributed by atoms with van der Waals surface area (Å²) in [5.74, 6) is 3.00. The predicted octanol–water partition coefficient (Wildman–Crippen LogP) is 5.84. The average Bonchev–Trinajstić information content (AvgIpc) is 2.27. The maximum absolute atomic E-state index is 6.34. The number of allylic oxidation sites excluding steroid dienone is 1. The highest BCUT2D eigenvalue weighted by Gasteiger charge is 2.37. The quantitative estimate of drug-likeness (QED) is 0.562. The van der Waals surface area contributed by atoms with E-state index in [1.54, 1.807) is 0 Å². The van der Waals surface area contributed by atoms with E-state index in [1.165, 1.54) is 17.9 Å². The van der Waals surface area contributed by atoms with Crippen molar-refractivity contribution in [2.75, 3.05) is 12.4 Å². The van der Waals surface area contributed by atoms with E-state index < -0.39 is 16.6 Å². The maximum Gasteiger partial charge on any atom is 0.241 e. The van der Waals surface area contributed by atoms with Gasteiger partial charge in [-0.3, -0.25) is 0 Å². The lowest BCUT2D eigenvalue weighted by molar-refractivity contribution is 0.238. The topological polar surface area (TPSA) is 18.5 Å². The second kappa shape index (κ2) is 7.24. The third kappa shape index (κ3) is 6.51. The molecule has 0 saturated carbocycles. The number of hydrogen-bond acceptors (Lipinski definition) is 3. The maximum atomic E-state index is 6.34. The lowest BCUT2D eigenvalue weighted by Gasteiger charge is -2.37. The lowest BCUT2D eigenvalue weighted by atomic mass is 10.0. The smallest absolute Gasteiger partial charge is 0.241 e. The van der Waals surface area contributed by atoms with Crippen molar-refractivity contribution >= 4 is 28.4 Å². The zero-order chi connectivity index (χ0) is 16.3. The fraction of sp³-hybridized carbons (Fsp3) is 0.875. The van der Waals surface area contributed by atoms with Crippen LogP contribution in [0.3, 0.4) is 0 Å². The van der Waals surface area contributed by atoms with Crippen LogP contribution in [-0.2, 0) is 8.85 Å². The van der Waals surface area contributed by atoms with Gasteiger partial charge in [-0.25, -0.2) is 0 Å². The Kier molecular flexibility index (Phi) is 6.66. The van der Waals surface area contributed by atoms with Gasteiger partial charge in [-0.1, -0.05) is 20.8 Å². The van der Waals surface area contributed by atoms with E-state index >= 15 is 0 Å². The second-order valence-electron chi connectivity index (χ2n) is 8.49. The van der Waals surface area contributed by atoms with Crippen LogP contribution in [0.2, 0.25) is 37.8 Å². The highest BCUT2D eigenvalue weighted by molar-refractivity contribution is 8.02. The van der Waals surface area contributed by atoms with Crippen LogP contribution in [0.1, 0.15) is 33.6 Å². The van der Waals surface area contributed by atoms with E-state index in [-0.39, 0.29) is 0 Å². The largest absolute Gasteiger partial charge is 0.547 e. The van der Waals surface area contributed by atoms with Crippen LogP contribution in [0.15, 0.2) is 11.2 Å². The normalized spacial score (nSPS) is 21.1. The Labute approximate surface area is 138 Å². The molecule has 1 aliphatic rings. The van der Waals surface area contributed by atoms with Crippen molar-refractivity contribution in [1.29, 1.82) is 0 Å². The molecule has 0 aromatic rings. The molecule has 0 N–H and O–H groups in total. The first-order valence-corrected chi connectivity index (χ1v) is 15.4. The molecule has 1 heterocycles. The summed E-state index contributed by atoms with van der Waals surface area (Å²) in [6.07, 6.45) is 2.32. The zero-order valence-corrected chi connectivity index (χ0v) is 18.0. The van der Waals surface area contributed by atoms with E-state index in [0.29, 0.717) is 11.0 Å². The Balaban J connectivity index is 2.54. The molecule has 1 atom stereocenters. The van der Waals surface area contributed by atoms with Crippen LogP contribution in [-0.4, -0.2) is 29.0 Å². The molecule has 21 heavy (non-hydrogen) atoms. The standard InChI is InChI=1S/C16H34O2SSi2/c1-16(2,3)21(7,8)17-11-9-14-10-12-19-13-15(14)18-20(4,5)6/h13-14H,9-12H2,1-8H3. The lowest BCUT2D eigenvalue weighted by Crippen LogP contribution is -2.41. The average molecular weight is 347 g/mol. The summed E-state index contributed by atoms with van der Waals surface area (Å²) in [5, 5.41) is 2.54. The summed E-state index contributed by atoms with van der Waals surface area (Å²) in [7, 11) is -3.12. The van der Waals surface area contributed by atoms with Gasteiger partial charge in [0.2, 0.25) is 8.32 Å². The van der Waals surface area contributed by atoms with E-state index in [2.05, 4.69) is 58.9 Å². The SMILES string of the molecule is CC(C)(C)[Si](C)(C)OCCC1CCSC=C1O[Si](C)(C)C. The molecule has 0 bridgehead atoms. The van der Waals surface area contributed by atoms with Gasteiger partial charge in [0.15, 0.2) is 8.32 Å². The number of thioether (sulfide) groups is 1. The molecule has 0 aromatic heterocycles. The van der Waals surface area contributed by atoms with Gasteiger partial charge in [-0.05, 0) is 56.4 Å². The zero-order valence-electron chi connectivity index (χ0n) is 15.2. The highest BCUT2D eigenvalue weighted by atomic mass is 32.2. The van der Waals surface area contributed by atoms with Gasteiger partial charge >= 0.3 is 0 Å². The summed E-state index contributed by atoms with van der Waals surface area (Å²) in [5.41, 5.74) is 0. The minimum atomic E-state index is -1.62. The van der Waals surface area contributed by atoms with Crippen molar-refractivity contribution in [3.63, 3.8) is 0 Å². The van der Waals surface area contributed by atoms with Crippen LogP contribution in [0, 0.1) is 5.92 Å². The van der Waals surface area contributed by atoms with Crippen LogP contribution >= 0.6 is 11.8 Å². The van der Waals surface area contributed by atoms with Crippen molar-refractivity contribution in [2.24, 2.45) is 5.92 Å². The van der Waals surface area contributed by atoms with Crippen molar-refractivity contribution in [2.45, 2.75) is 71.4 Å². The Morgan fingerprint density at radius 3 is 2.33 bits per heavy atom. The minimum Gasteiger partial charge on any atom is -0.547 e. The number of rotatable bonds is 6. The van der Waals surface area contributed by atoms with E-state index in [0.717, 1.165) is 13.0 Å². The summed E-state index contributed by atoms with van der Waals surface area (Å²) in [6.45, 7) is 19.2. The van der Waals surface area contributed by atoms with Crippen molar-refractivity contribution in [3.8, 4) is 0 Å². The van der Waals surface area contributed by atoms with E-state index in [9.17, 15) is 0 Å². The van der Waals surface area contributed by atoms with E-state index in [1.807, 2.05) is 11.8 Å². The molecule has 0 amide bonds. The van der Waals surface area contributed by atoms with Crippen LogP contribution in [0.25, 0.3) is 0 Å². The van der Waals surface area contributed by atoms with Crippen molar-refractivity contribution in [3.05, 3.63) is 11.2 Å². The molecule has 0 fully saturated rings. The molecule has 0 saturated heterocycles. The first-order chi connectivity index (χ1) is 9.42. The first-order valence-electron chi connectivity index (χ1n) is 8.07. The van der Waals surface area contributed by atoms with Gasteiger partial charge in [-0.2, -0.15) is 0 Å². The first kappa shape index (κ1) is 19.3. The molecule has 0 aliphatic carbocycles. The molecule has 0 spiro atoms. The second-order valence-corrected chi connectivity index (χ2v) is 18.7. The third-order valence-corrected chi connectivity index (χ3v) is 10.6. The Bertz CT molecular complexity index is 367. The monoisotopic (exact) mass is 346 g/mol. The molecule has 0 aromatic carbocycles. The van der Waals surface area contributed by atoms with E-state index in [4.69, 9.17) is 8.85 Å². The molecule has 1 rings (SSSR count). The third-order valence-electron chi connectivity index (χ3n) is 4.35. The molecule has 5 heteroatoms. The summed E-state index contributed by atoms with van der Waals surface area (Å²) in [4.78, 5) is 0. The van der Waals surface area contributed by atoms with Crippen LogP contribution in [0.5, 0.6) is 0 Å². The molecule has 1 aliphatic heterocycles. The van der Waals surface area contributed by atoms with Gasteiger partial charge in [0.25, 0.3) is 0 Å². The van der Waals surface area contributed by atoms with Crippen molar-refractivity contribution < 1.29 is 8.85 Å². The fourth-order valence-corrected chi connectivity index (χ4v) is 5.03. The van der Waals surface area contributed by atoms with Gasteiger partial charge in [0, 0.05) is 17.9 Å². The molecule has 1 unspecified atom stereocenters. The van der Waals surface area contributed by atoms with Gasteiger partial charge < -0.3 is 8.85 Å². The molecular weight excluding hydrogens is 312 g/mol. The molecule has 124 valence electrons. The van der Waals surface area contributed by atoms with Gasteiger partial charge in [0.05, 0.1) is 5.76 Å². The summed E-state index contributed by atoms with van der Waals surface area (Å²) in [6, 6.07) is 0. The molecule has 0 radical (unpaired) electrons. The molecular formula is C16H34O2SSi2. The van der Waals surface area contributed by atoms with Crippen molar-refractivity contribution in [1.82, 2.24) is 0 Å². The van der Waals surface area contributed by atoms with Gasteiger partial charge in [-0.15, -0.1) is 11.8 Å². The Morgan fingerprint density at radius 1 is 1.19 bits per heavy atom. The Hall–Kier alpha value is 0.284. The molecule has 2 nitrogen and oxygen atoms in total. The van der Waals surface area contributed by atoms with Crippen LogP contribution < -0.4 is 0 Å².